The molecule has 0 atom stereocenters. The van der Waals surface area contributed by atoms with E-state index in [1.807, 2.05) is 74.5 Å². The summed E-state index contributed by atoms with van der Waals surface area (Å²) in [6.45, 7) is 10.9. The second kappa shape index (κ2) is 11.8. The van der Waals surface area contributed by atoms with Gasteiger partial charge in [0.1, 0.15) is 12.4 Å². The standard InChI is InChI=1S/C28H36N4O3/c1-6-15-31(27(34)20-35-19-22-12-8-7-9-13-22)18-26(33)29-25-17-24(28(3,4)5)30-32(25)23-14-10-11-21(2)16-23/h7-14,16-17H,6,15,18-20H2,1-5H3,(H,29,33). The average Bonchev–Trinajstić information content (AvgIpc) is 3.23. The minimum absolute atomic E-state index is 0.0504. The van der Waals surface area contributed by atoms with E-state index < -0.39 is 0 Å². The van der Waals surface area contributed by atoms with Crippen LogP contribution in [-0.4, -0.2) is 46.2 Å². The highest BCUT2D eigenvalue weighted by Crippen LogP contribution is 2.26. The van der Waals surface area contributed by atoms with Crippen molar-refractivity contribution in [2.45, 2.75) is 53.1 Å². The van der Waals surface area contributed by atoms with Crippen LogP contribution in [0.4, 0.5) is 5.82 Å². The topological polar surface area (TPSA) is 76.5 Å². The van der Waals surface area contributed by atoms with Gasteiger partial charge < -0.3 is 15.0 Å². The zero-order valence-corrected chi connectivity index (χ0v) is 21.4. The molecule has 35 heavy (non-hydrogen) atoms. The fraction of sp³-hybridized carbons (Fsp3) is 0.393. The molecule has 0 radical (unpaired) electrons. The first kappa shape index (κ1) is 26.2. The molecule has 186 valence electrons. The summed E-state index contributed by atoms with van der Waals surface area (Å²) in [5.74, 6) is 0.0966. The number of carbonyl (C=O) groups is 2. The summed E-state index contributed by atoms with van der Waals surface area (Å²) in [6, 6.07) is 19.6. The average molecular weight is 477 g/mol. The van der Waals surface area contributed by atoms with Crippen LogP contribution >= 0.6 is 0 Å². The van der Waals surface area contributed by atoms with Gasteiger partial charge in [-0.1, -0.05) is 70.2 Å². The molecule has 0 saturated heterocycles. The smallest absolute Gasteiger partial charge is 0.249 e. The molecular formula is C28H36N4O3. The zero-order valence-electron chi connectivity index (χ0n) is 21.4. The van der Waals surface area contributed by atoms with E-state index >= 15 is 0 Å². The van der Waals surface area contributed by atoms with E-state index in [2.05, 4.69) is 26.1 Å². The Labute approximate surface area is 208 Å². The van der Waals surface area contributed by atoms with Gasteiger partial charge in [-0.25, -0.2) is 4.68 Å². The maximum absolute atomic E-state index is 13.0. The Morgan fingerprint density at radius 3 is 2.46 bits per heavy atom. The molecule has 0 saturated carbocycles. The Hall–Kier alpha value is -3.45. The van der Waals surface area contributed by atoms with Crippen LogP contribution in [0.1, 0.15) is 50.9 Å². The van der Waals surface area contributed by atoms with Crippen LogP contribution in [0, 0.1) is 6.92 Å². The maximum atomic E-state index is 13.0. The van der Waals surface area contributed by atoms with Crippen molar-refractivity contribution in [2.24, 2.45) is 0 Å². The molecule has 0 aliphatic heterocycles. The first-order valence-corrected chi connectivity index (χ1v) is 12.0. The van der Waals surface area contributed by atoms with Gasteiger partial charge in [-0.2, -0.15) is 5.10 Å². The highest BCUT2D eigenvalue weighted by atomic mass is 16.5. The monoisotopic (exact) mass is 476 g/mol. The number of rotatable bonds is 10. The lowest BCUT2D eigenvalue weighted by Gasteiger charge is -2.21. The van der Waals surface area contributed by atoms with Crippen molar-refractivity contribution in [2.75, 3.05) is 25.0 Å². The summed E-state index contributed by atoms with van der Waals surface area (Å²) < 4.78 is 7.35. The lowest BCUT2D eigenvalue weighted by atomic mass is 9.92. The molecule has 1 heterocycles. The van der Waals surface area contributed by atoms with Crippen molar-refractivity contribution in [1.29, 1.82) is 0 Å². The first-order chi connectivity index (χ1) is 16.7. The molecule has 0 fully saturated rings. The SMILES string of the molecule is CCCN(CC(=O)Nc1cc(C(C)(C)C)nn1-c1cccc(C)c1)C(=O)COCc1ccccc1. The molecule has 7 nitrogen and oxygen atoms in total. The molecule has 2 amide bonds. The number of hydrogen-bond acceptors (Lipinski definition) is 4. The predicted molar refractivity (Wildman–Crippen MR) is 139 cm³/mol. The molecule has 0 aliphatic carbocycles. The highest BCUT2D eigenvalue weighted by Gasteiger charge is 2.23. The van der Waals surface area contributed by atoms with Crippen LogP contribution in [0.25, 0.3) is 5.69 Å². The summed E-state index contributed by atoms with van der Waals surface area (Å²) in [5, 5.41) is 7.74. The van der Waals surface area contributed by atoms with Gasteiger partial charge in [0.05, 0.1) is 24.5 Å². The molecule has 2 aromatic carbocycles. The van der Waals surface area contributed by atoms with E-state index in [0.29, 0.717) is 19.0 Å². The lowest BCUT2D eigenvalue weighted by molar-refractivity contribution is -0.139. The number of nitrogens with zero attached hydrogens (tertiary/aromatic N) is 3. The fourth-order valence-corrected chi connectivity index (χ4v) is 3.63. The second-order valence-electron chi connectivity index (χ2n) is 9.76. The number of carbonyl (C=O) groups excluding carboxylic acids is 2. The summed E-state index contributed by atoms with van der Waals surface area (Å²) >= 11 is 0. The molecule has 3 aromatic rings. The van der Waals surface area contributed by atoms with Gasteiger partial charge in [0.15, 0.2) is 0 Å². The molecule has 7 heteroatoms. The van der Waals surface area contributed by atoms with E-state index in [0.717, 1.165) is 28.9 Å². The highest BCUT2D eigenvalue weighted by molar-refractivity contribution is 5.94. The molecule has 0 unspecified atom stereocenters. The minimum Gasteiger partial charge on any atom is -0.367 e. The Morgan fingerprint density at radius 2 is 1.80 bits per heavy atom. The molecule has 1 N–H and O–H groups in total. The number of ether oxygens (including phenoxy) is 1. The van der Waals surface area contributed by atoms with Crippen LogP contribution in [0.3, 0.4) is 0 Å². The summed E-state index contributed by atoms with van der Waals surface area (Å²) in [5.41, 5.74) is 3.65. The van der Waals surface area contributed by atoms with Gasteiger partial charge in [-0.15, -0.1) is 0 Å². The third kappa shape index (κ3) is 7.52. The van der Waals surface area contributed by atoms with Gasteiger partial charge in [0.2, 0.25) is 11.8 Å². The lowest BCUT2D eigenvalue weighted by Crippen LogP contribution is -2.40. The summed E-state index contributed by atoms with van der Waals surface area (Å²) in [7, 11) is 0. The van der Waals surface area contributed by atoms with Gasteiger partial charge in [-0.3, -0.25) is 9.59 Å². The molecule has 0 bridgehead atoms. The fourth-order valence-electron chi connectivity index (χ4n) is 3.63. The van der Waals surface area contributed by atoms with Crippen LogP contribution in [0.2, 0.25) is 0 Å². The van der Waals surface area contributed by atoms with Crippen molar-refractivity contribution in [3.8, 4) is 5.69 Å². The van der Waals surface area contributed by atoms with Crippen molar-refractivity contribution >= 4 is 17.6 Å². The van der Waals surface area contributed by atoms with Crippen molar-refractivity contribution in [3.05, 3.63) is 77.5 Å². The number of aryl methyl sites for hydroxylation is 1. The molecule has 1 aromatic heterocycles. The summed E-state index contributed by atoms with van der Waals surface area (Å²) in [4.78, 5) is 27.3. The number of aromatic nitrogens is 2. The van der Waals surface area contributed by atoms with Crippen LogP contribution in [0.5, 0.6) is 0 Å². The van der Waals surface area contributed by atoms with Crippen molar-refractivity contribution in [1.82, 2.24) is 14.7 Å². The van der Waals surface area contributed by atoms with E-state index in [1.54, 1.807) is 9.58 Å². The molecule has 3 rings (SSSR count). The maximum Gasteiger partial charge on any atom is 0.249 e. The van der Waals surface area contributed by atoms with Crippen molar-refractivity contribution in [3.63, 3.8) is 0 Å². The Morgan fingerprint density at radius 1 is 1.06 bits per heavy atom. The molecule has 0 aliphatic rings. The number of amides is 2. The van der Waals surface area contributed by atoms with E-state index in [9.17, 15) is 9.59 Å². The number of hydrogen-bond donors (Lipinski definition) is 1. The minimum atomic E-state index is -0.274. The number of nitrogens with one attached hydrogen (secondary N) is 1. The van der Waals surface area contributed by atoms with Crippen LogP contribution in [-0.2, 0) is 26.3 Å². The van der Waals surface area contributed by atoms with E-state index in [-0.39, 0.29) is 30.4 Å². The Balaban J connectivity index is 1.70. The van der Waals surface area contributed by atoms with E-state index in [1.165, 1.54) is 0 Å². The molecule has 0 spiro atoms. The first-order valence-electron chi connectivity index (χ1n) is 12.0. The van der Waals surface area contributed by atoms with Gasteiger partial charge >= 0.3 is 0 Å². The zero-order chi connectivity index (χ0) is 25.4. The Bertz CT molecular complexity index is 1130. The largest absolute Gasteiger partial charge is 0.367 e. The van der Waals surface area contributed by atoms with Gasteiger partial charge in [-0.05, 0) is 36.6 Å². The summed E-state index contributed by atoms with van der Waals surface area (Å²) in [6.07, 6.45) is 0.743. The third-order valence-corrected chi connectivity index (χ3v) is 5.51. The second-order valence-corrected chi connectivity index (χ2v) is 9.76. The van der Waals surface area contributed by atoms with E-state index in [4.69, 9.17) is 9.84 Å². The molecular weight excluding hydrogens is 440 g/mol. The van der Waals surface area contributed by atoms with Crippen LogP contribution in [0.15, 0.2) is 60.7 Å². The van der Waals surface area contributed by atoms with Gasteiger partial charge in [0.25, 0.3) is 0 Å². The predicted octanol–water partition coefficient (Wildman–Crippen LogP) is 4.87. The number of benzene rings is 2. The van der Waals surface area contributed by atoms with Crippen molar-refractivity contribution < 1.29 is 14.3 Å². The number of anilines is 1. The van der Waals surface area contributed by atoms with Crippen LogP contribution < -0.4 is 5.32 Å². The van der Waals surface area contributed by atoms with Gasteiger partial charge in [0, 0.05) is 18.0 Å². The normalized spacial score (nSPS) is 11.3. The Kier molecular flexibility index (Phi) is 8.82. The quantitative estimate of drug-likeness (QED) is 0.453. The third-order valence-electron chi connectivity index (χ3n) is 5.51.